The van der Waals surface area contributed by atoms with Crippen molar-refractivity contribution in [3.63, 3.8) is 0 Å². The third-order valence-corrected chi connectivity index (χ3v) is 5.95. The molecule has 1 aromatic carbocycles. The van der Waals surface area contributed by atoms with Crippen LogP contribution < -0.4 is 5.32 Å². The Morgan fingerprint density at radius 1 is 1.26 bits per heavy atom. The van der Waals surface area contributed by atoms with Crippen LogP contribution in [0.2, 0.25) is 0 Å². The van der Waals surface area contributed by atoms with E-state index in [-0.39, 0.29) is 0 Å². The highest BCUT2D eigenvalue weighted by molar-refractivity contribution is 9.11. The number of allylic oxidation sites excluding steroid dienone is 1. The normalized spacial score (nSPS) is 15.4. The first-order valence-electron chi connectivity index (χ1n) is 11.7. The number of nitrogens with zero attached hydrogens (tertiary/aromatic N) is 5. The van der Waals surface area contributed by atoms with Gasteiger partial charge in [-0.05, 0) is 71.3 Å². The van der Waals surface area contributed by atoms with Crippen molar-refractivity contribution < 1.29 is 4.79 Å². The standard InChI is InChI=1S/C23H26BrN5.C3H7NO/c1-17(24)16-29-23(25-10-7-18-8-11-28(2)12-9-18)21(15-27-29)20-13-19-5-3-4-6-22(19)26-14-20;1-2-4-3-5/h3-6,10,13-16,18H,7-9,11-12H2,1-2H3;3H,2H2,1H3,(H,4,5)/b17-16+,25-10+;. The number of hydrogen-bond acceptors (Lipinski definition) is 5. The second-order valence-electron chi connectivity index (χ2n) is 8.43. The summed E-state index contributed by atoms with van der Waals surface area (Å²) in [5.41, 5.74) is 3.02. The molecule has 8 heteroatoms. The first-order chi connectivity index (χ1) is 16.5. The van der Waals surface area contributed by atoms with Gasteiger partial charge in [0.2, 0.25) is 6.41 Å². The molecule has 1 saturated heterocycles. The fraction of sp³-hybridized carbons (Fsp3) is 0.385. The van der Waals surface area contributed by atoms with Crippen molar-refractivity contribution in [3.05, 3.63) is 47.2 Å². The quantitative estimate of drug-likeness (QED) is 0.327. The predicted octanol–water partition coefficient (Wildman–Crippen LogP) is 5.50. The van der Waals surface area contributed by atoms with Crippen molar-refractivity contribution in [3.8, 4) is 11.1 Å². The number of nitrogens with one attached hydrogen (secondary N) is 1. The Kier molecular flexibility index (Phi) is 9.97. The van der Waals surface area contributed by atoms with Gasteiger partial charge in [0.15, 0.2) is 5.82 Å². The van der Waals surface area contributed by atoms with E-state index >= 15 is 0 Å². The number of hydrogen-bond donors (Lipinski definition) is 1. The lowest BCUT2D eigenvalue weighted by molar-refractivity contribution is -0.109. The number of amides is 1. The zero-order valence-electron chi connectivity index (χ0n) is 20.1. The number of pyridine rings is 1. The summed E-state index contributed by atoms with van der Waals surface area (Å²) < 4.78 is 2.83. The van der Waals surface area contributed by atoms with E-state index in [0.29, 0.717) is 12.3 Å². The number of halogens is 1. The van der Waals surface area contributed by atoms with Gasteiger partial charge >= 0.3 is 0 Å². The Labute approximate surface area is 210 Å². The number of carbonyl (C=O) groups excluding carboxylic acids is 1. The highest BCUT2D eigenvalue weighted by Gasteiger charge is 2.16. The van der Waals surface area contributed by atoms with Crippen LogP contribution in [-0.2, 0) is 4.79 Å². The van der Waals surface area contributed by atoms with Crippen LogP contribution in [0, 0.1) is 5.92 Å². The molecule has 1 N–H and O–H groups in total. The lowest BCUT2D eigenvalue weighted by Crippen LogP contribution is -2.30. The van der Waals surface area contributed by atoms with Crippen molar-refractivity contribution in [1.29, 1.82) is 0 Å². The highest BCUT2D eigenvalue weighted by atomic mass is 79.9. The lowest BCUT2D eigenvalue weighted by Gasteiger charge is -2.27. The van der Waals surface area contributed by atoms with E-state index < -0.39 is 0 Å². The van der Waals surface area contributed by atoms with Gasteiger partial charge in [-0.3, -0.25) is 9.78 Å². The SMILES string of the molecule is C/C(Br)=C\n1ncc(-c2cnc3ccccc3c2)c1/N=C/CC1CCN(C)CC1.CCNC=O. The van der Waals surface area contributed by atoms with Crippen LogP contribution in [0.5, 0.6) is 0 Å². The maximum Gasteiger partial charge on any atom is 0.207 e. The molecule has 1 aliphatic rings. The summed E-state index contributed by atoms with van der Waals surface area (Å²) in [6, 6.07) is 10.3. The monoisotopic (exact) mass is 524 g/mol. The summed E-state index contributed by atoms with van der Waals surface area (Å²) in [6.07, 6.45) is 12.0. The van der Waals surface area contributed by atoms with Crippen LogP contribution in [-0.4, -0.2) is 59.0 Å². The molecule has 180 valence electrons. The summed E-state index contributed by atoms with van der Waals surface area (Å²) in [4.78, 5) is 21.2. The molecule has 0 unspecified atom stereocenters. The number of rotatable bonds is 7. The fourth-order valence-corrected chi connectivity index (χ4v) is 4.03. The Hall–Kier alpha value is -2.84. The summed E-state index contributed by atoms with van der Waals surface area (Å²) in [6.45, 7) is 6.94. The summed E-state index contributed by atoms with van der Waals surface area (Å²) in [5, 5.41) is 8.10. The van der Waals surface area contributed by atoms with Gasteiger partial charge < -0.3 is 10.2 Å². The van der Waals surface area contributed by atoms with Crippen LogP contribution >= 0.6 is 15.9 Å². The van der Waals surface area contributed by atoms with E-state index in [2.05, 4.69) is 61.6 Å². The lowest BCUT2D eigenvalue weighted by atomic mass is 9.94. The molecule has 0 spiro atoms. The van der Waals surface area contributed by atoms with Crippen LogP contribution in [0.15, 0.2) is 52.2 Å². The number of likely N-dealkylation sites (tertiary alicyclic amines) is 1. The van der Waals surface area contributed by atoms with Crippen molar-refractivity contribution in [1.82, 2.24) is 25.0 Å². The van der Waals surface area contributed by atoms with Gasteiger partial charge in [-0.25, -0.2) is 9.67 Å². The first-order valence-corrected chi connectivity index (χ1v) is 12.5. The van der Waals surface area contributed by atoms with E-state index in [1.807, 2.05) is 55.3 Å². The van der Waals surface area contributed by atoms with E-state index in [1.54, 1.807) is 0 Å². The average Bonchev–Trinajstić information content (AvgIpc) is 3.22. The van der Waals surface area contributed by atoms with Gasteiger partial charge in [-0.15, -0.1) is 0 Å². The molecule has 0 bridgehead atoms. The number of aromatic nitrogens is 3. The van der Waals surface area contributed by atoms with Crippen molar-refractivity contribution >= 4 is 51.5 Å². The average molecular weight is 525 g/mol. The number of piperidine rings is 1. The number of aliphatic imine (C=N–C) groups is 1. The number of para-hydroxylation sites is 1. The molecule has 1 fully saturated rings. The molecule has 34 heavy (non-hydrogen) atoms. The largest absolute Gasteiger partial charge is 0.359 e. The molecular weight excluding hydrogens is 492 g/mol. The molecule has 0 saturated carbocycles. The Morgan fingerprint density at radius 2 is 2.03 bits per heavy atom. The molecule has 3 heterocycles. The van der Waals surface area contributed by atoms with E-state index in [4.69, 9.17) is 4.99 Å². The Morgan fingerprint density at radius 3 is 2.71 bits per heavy atom. The fourth-order valence-electron chi connectivity index (χ4n) is 3.84. The summed E-state index contributed by atoms with van der Waals surface area (Å²) in [5.74, 6) is 1.55. The van der Waals surface area contributed by atoms with E-state index in [0.717, 1.165) is 45.3 Å². The van der Waals surface area contributed by atoms with Crippen LogP contribution in [0.25, 0.3) is 28.2 Å². The van der Waals surface area contributed by atoms with Gasteiger partial charge in [0.05, 0.1) is 11.7 Å². The molecule has 2 aromatic heterocycles. The molecular formula is C26H33BrN6O. The molecule has 7 nitrogen and oxygen atoms in total. The van der Waals surface area contributed by atoms with Gasteiger partial charge in [0.1, 0.15) is 0 Å². The first kappa shape index (κ1) is 25.8. The van der Waals surface area contributed by atoms with Crippen LogP contribution in [0.1, 0.15) is 33.1 Å². The molecule has 4 rings (SSSR count). The van der Waals surface area contributed by atoms with Gasteiger partial charge in [0.25, 0.3) is 0 Å². The zero-order valence-corrected chi connectivity index (χ0v) is 21.7. The van der Waals surface area contributed by atoms with Gasteiger partial charge in [-0.2, -0.15) is 5.10 Å². The smallest absolute Gasteiger partial charge is 0.207 e. The Bertz CT molecular complexity index is 1130. The molecule has 0 radical (unpaired) electrons. The molecule has 3 aromatic rings. The minimum absolute atomic E-state index is 0.681. The number of benzene rings is 1. The molecule has 0 atom stereocenters. The molecule has 1 aliphatic heterocycles. The second-order valence-corrected chi connectivity index (χ2v) is 9.68. The third-order valence-electron chi connectivity index (χ3n) is 5.75. The molecule has 1 amide bonds. The number of carbonyl (C=O) groups is 1. The third kappa shape index (κ3) is 7.33. The second kappa shape index (κ2) is 13.2. The van der Waals surface area contributed by atoms with Crippen molar-refractivity contribution in [2.45, 2.75) is 33.1 Å². The maximum atomic E-state index is 9.29. The Balaban J connectivity index is 0.000000588. The maximum absolute atomic E-state index is 9.29. The van der Waals surface area contributed by atoms with Crippen molar-refractivity contribution in [2.24, 2.45) is 10.9 Å². The highest BCUT2D eigenvalue weighted by Crippen LogP contribution is 2.32. The topological polar surface area (TPSA) is 75.4 Å². The van der Waals surface area contributed by atoms with E-state index in [1.165, 1.54) is 25.9 Å². The summed E-state index contributed by atoms with van der Waals surface area (Å²) >= 11 is 3.51. The van der Waals surface area contributed by atoms with Gasteiger partial charge in [0, 0.05) is 46.2 Å². The predicted molar refractivity (Wildman–Crippen MR) is 145 cm³/mol. The van der Waals surface area contributed by atoms with E-state index in [9.17, 15) is 4.79 Å². The minimum Gasteiger partial charge on any atom is -0.359 e. The van der Waals surface area contributed by atoms with Crippen molar-refractivity contribution in [2.75, 3.05) is 26.7 Å². The zero-order chi connectivity index (χ0) is 24.3. The summed E-state index contributed by atoms with van der Waals surface area (Å²) in [7, 11) is 2.20. The minimum atomic E-state index is 0.681. The van der Waals surface area contributed by atoms with Gasteiger partial charge in [-0.1, -0.05) is 34.1 Å². The number of fused-ring (bicyclic) bond motifs is 1. The van der Waals surface area contributed by atoms with Crippen LogP contribution in [0.3, 0.4) is 0 Å². The molecule has 0 aliphatic carbocycles. The van der Waals surface area contributed by atoms with Crippen LogP contribution in [0.4, 0.5) is 5.82 Å².